The van der Waals surface area contributed by atoms with Crippen LogP contribution >= 0.6 is 0 Å². The van der Waals surface area contributed by atoms with Crippen LogP contribution in [0, 0.1) is 0 Å². The van der Waals surface area contributed by atoms with Crippen molar-refractivity contribution >= 4 is 28.3 Å². The number of benzene rings is 1. The normalized spacial score (nSPS) is 17.5. The maximum atomic E-state index is 11.1. The number of hydrogen-bond acceptors (Lipinski definition) is 5. The molecule has 0 saturated heterocycles. The Kier molecular flexibility index (Phi) is 2.87. The lowest BCUT2D eigenvalue weighted by Gasteiger charge is -2.22. The van der Waals surface area contributed by atoms with E-state index >= 15 is 0 Å². The van der Waals surface area contributed by atoms with E-state index in [4.69, 9.17) is 15.6 Å². The standard InChI is InChI=1S/C14H13N3O3/c1-20-11-6-9-12(7-3-2-4-16-13(7)11)8(15)5-10(17-9)14(18)19/h2-4,6,8H,5,15H2,1H3,(H,18,19). The molecule has 6 nitrogen and oxygen atoms in total. The third kappa shape index (κ3) is 1.81. The van der Waals surface area contributed by atoms with E-state index in [-0.39, 0.29) is 12.1 Å². The van der Waals surface area contributed by atoms with Gasteiger partial charge in [0.1, 0.15) is 17.0 Å². The molecule has 3 rings (SSSR count). The summed E-state index contributed by atoms with van der Waals surface area (Å²) in [6.45, 7) is 0. The highest BCUT2D eigenvalue weighted by Crippen LogP contribution is 2.41. The van der Waals surface area contributed by atoms with Gasteiger partial charge in [-0.3, -0.25) is 4.98 Å². The van der Waals surface area contributed by atoms with E-state index < -0.39 is 12.0 Å². The van der Waals surface area contributed by atoms with Gasteiger partial charge in [-0.05, 0) is 6.07 Å². The number of aliphatic carboxylic acids is 1. The van der Waals surface area contributed by atoms with Crippen LogP contribution < -0.4 is 10.5 Å². The van der Waals surface area contributed by atoms with Gasteiger partial charge in [0.2, 0.25) is 0 Å². The van der Waals surface area contributed by atoms with Crippen LogP contribution in [-0.4, -0.2) is 28.9 Å². The fraction of sp³-hybridized carbons (Fsp3) is 0.214. The quantitative estimate of drug-likeness (QED) is 0.868. The van der Waals surface area contributed by atoms with E-state index in [1.54, 1.807) is 19.4 Å². The monoisotopic (exact) mass is 271 g/mol. The van der Waals surface area contributed by atoms with E-state index in [0.29, 0.717) is 17.0 Å². The lowest BCUT2D eigenvalue weighted by Crippen LogP contribution is -2.24. The maximum Gasteiger partial charge on any atom is 0.350 e. The average Bonchev–Trinajstić information content (AvgIpc) is 2.45. The number of ether oxygens (including phenoxy) is 1. The van der Waals surface area contributed by atoms with Crippen molar-refractivity contribution in [2.75, 3.05) is 7.11 Å². The zero-order valence-corrected chi connectivity index (χ0v) is 10.8. The third-order valence-electron chi connectivity index (χ3n) is 3.38. The van der Waals surface area contributed by atoms with E-state index in [2.05, 4.69) is 9.98 Å². The van der Waals surface area contributed by atoms with Gasteiger partial charge in [-0.1, -0.05) is 6.07 Å². The fourth-order valence-corrected chi connectivity index (χ4v) is 2.50. The van der Waals surface area contributed by atoms with Crippen molar-refractivity contribution in [2.45, 2.75) is 12.5 Å². The van der Waals surface area contributed by atoms with Gasteiger partial charge in [0.25, 0.3) is 0 Å². The lowest BCUT2D eigenvalue weighted by atomic mass is 9.92. The average molecular weight is 271 g/mol. The highest BCUT2D eigenvalue weighted by molar-refractivity contribution is 6.36. The van der Waals surface area contributed by atoms with E-state index in [9.17, 15) is 4.79 Å². The Morgan fingerprint density at radius 3 is 3.05 bits per heavy atom. The number of pyridine rings is 1. The van der Waals surface area contributed by atoms with Crippen LogP contribution in [-0.2, 0) is 4.79 Å². The van der Waals surface area contributed by atoms with Crippen molar-refractivity contribution in [3.63, 3.8) is 0 Å². The van der Waals surface area contributed by atoms with E-state index in [1.165, 1.54) is 0 Å². The Labute approximate surface area is 114 Å². The van der Waals surface area contributed by atoms with Crippen LogP contribution in [0.2, 0.25) is 0 Å². The molecule has 1 aliphatic rings. The summed E-state index contributed by atoms with van der Waals surface area (Å²) in [7, 11) is 1.54. The number of aliphatic imine (C=N–C) groups is 1. The molecule has 1 aliphatic heterocycles. The molecule has 3 N–H and O–H groups in total. The van der Waals surface area contributed by atoms with Gasteiger partial charge in [0.05, 0.1) is 12.8 Å². The second kappa shape index (κ2) is 4.57. The Morgan fingerprint density at radius 1 is 1.55 bits per heavy atom. The smallest absolute Gasteiger partial charge is 0.350 e. The van der Waals surface area contributed by atoms with Crippen molar-refractivity contribution in [1.29, 1.82) is 0 Å². The predicted molar refractivity (Wildman–Crippen MR) is 74.6 cm³/mol. The number of methoxy groups -OCH3 is 1. The summed E-state index contributed by atoms with van der Waals surface area (Å²) in [4.78, 5) is 19.6. The molecule has 1 aromatic heterocycles. The first-order chi connectivity index (χ1) is 9.61. The van der Waals surface area contributed by atoms with Crippen molar-refractivity contribution in [2.24, 2.45) is 10.7 Å². The number of nitrogens with zero attached hydrogens (tertiary/aromatic N) is 2. The molecule has 6 heteroatoms. The molecule has 20 heavy (non-hydrogen) atoms. The van der Waals surface area contributed by atoms with Crippen LogP contribution in [0.1, 0.15) is 18.0 Å². The first-order valence-electron chi connectivity index (χ1n) is 6.14. The van der Waals surface area contributed by atoms with Gasteiger partial charge in [-0.25, -0.2) is 9.79 Å². The van der Waals surface area contributed by atoms with Crippen LogP contribution in [0.5, 0.6) is 5.75 Å². The topological polar surface area (TPSA) is 97.8 Å². The van der Waals surface area contributed by atoms with Crippen LogP contribution in [0.25, 0.3) is 10.9 Å². The van der Waals surface area contributed by atoms with Gasteiger partial charge in [0.15, 0.2) is 0 Å². The SMILES string of the molecule is COc1cc2c(c3cccnc13)C(N)CC(C(=O)O)=N2. The Hall–Kier alpha value is -2.47. The summed E-state index contributed by atoms with van der Waals surface area (Å²) in [5.74, 6) is -0.488. The van der Waals surface area contributed by atoms with E-state index in [0.717, 1.165) is 10.9 Å². The molecule has 1 aromatic carbocycles. The molecule has 0 fully saturated rings. The largest absolute Gasteiger partial charge is 0.494 e. The molecule has 0 bridgehead atoms. The number of fused-ring (bicyclic) bond motifs is 3. The number of carboxylic acid groups (broad SMARTS) is 1. The van der Waals surface area contributed by atoms with Gasteiger partial charge in [-0.15, -0.1) is 0 Å². The summed E-state index contributed by atoms with van der Waals surface area (Å²) < 4.78 is 5.30. The zero-order valence-electron chi connectivity index (χ0n) is 10.8. The summed E-state index contributed by atoms with van der Waals surface area (Å²) in [6, 6.07) is 4.98. The zero-order chi connectivity index (χ0) is 14.3. The van der Waals surface area contributed by atoms with Crippen molar-refractivity contribution in [3.8, 4) is 5.75 Å². The van der Waals surface area contributed by atoms with Gasteiger partial charge in [0, 0.05) is 35.7 Å². The highest BCUT2D eigenvalue weighted by Gasteiger charge is 2.26. The number of hydrogen-bond donors (Lipinski definition) is 2. The summed E-state index contributed by atoms with van der Waals surface area (Å²) in [5, 5.41) is 9.94. The van der Waals surface area contributed by atoms with Crippen LogP contribution in [0.3, 0.4) is 0 Å². The molecular weight excluding hydrogens is 258 g/mol. The highest BCUT2D eigenvalue weighted by atomic mass is 16.5. The Morgan fingerprint density at radius 2 is 2.35 bits per heavy atom. The molecule has 0 radical (unpaired) electrons. The first-order valence-corrected chi connectivity index (χ1v) is 6.14. The van der Waals surface area contributed by atoms with Crippen molar-refractivity contribution < 1.29 is 14.6 Å². The molecule has 1 atom stereocenters. The number of carboxylic acids is 1. The molecule has 0 saturated carbocycles. The van der Waals surface area contributed by atoms with Gasteiger partial charge >= 0.3 is 5.97 Å². The van der Waals surface area contributed by atoms with Crippen molar-refractivity contribution in [1.82, 2.24) is 4.98 Å². The molecule has 0 spiro atoms. The minimum atomic E-state index is -1.05. The number of aromatic nitrogens is 1. The minimum Gasteiger partial charge on any atom is -0.494 e. The molecular formula is C14H13N3O3. The number of nitrogens with two attached hydrogens (primary N) is 1. The van der Waals surface area contributed by atoms with Crippen LogP contribution in [0.15, 0.2) is 29.4 Å². The third-order valence-corrected chi connectivity index (χ3v) is 3.38. The molecule has 0 aliphatic carbocycles. The molecule has 102 valence electrons. The second-order valence-corrected chi connectivity index (χ2v) is 4.59. The molecule has 2 heterocycles. The second-order valence-electron chi connectivity index (χ2n) is 4.59. The molecule has 2 aromatic rings. The number of rotatable bonds is 2. The molecule has 1 unspecified atom stereocenters. The fourth-order valence-electron chi connectivity index (χ4n) is 2.50. The van der Waals surface area contributed by atoms with E-state index in [1.807, 2.05) is 12.1 Å². The predicted octanol–water partition coefficient (Wildman–Crippen LogP) is 1.80. The van der Waals surface area contributed by atoms with Crippen molar-refractivity contribution in [3.05, 3.63) is 30.0 Å². The van der Waals surface area contributed by atoms with Crippen LogP contribution in [0.4, 0.5) is 5.69 Å². The van der Waals surface area contributed by atoms with Gasteiger partial charge in [-0.2, -0.15) is 0 Å². The lowest BCUT2D eigenvalue weighted by molar-refractivity contribution is -0.129. The summed E-state index contributed by atoms with van der Waals surface area (Å²) in [5.41, 5.74) is 8.25. The summed E-state index contributed by atoms with van der Waals surface area (Å²) >= 11 is 0. The first kappa shape index (κ1) is 12.6. The number of carbonyl (C=O) groups is 1. The minimum absolute atomic E-state index is 0.0651. The van der Waals surface area contributed by atoms with Gasteiger partial charge < -0.3 is 15.6 Å². The summed E-state index contributed by atoms with van der Waals surface area (Å²) in [6.07, 6.45) is 1.89. The molecule has 0 amide bonds. The Bertz CT molecular complexity index is 740. The Balaban J connectivity index is 2.35. The maximum absolute atomic E-state index is 11.1.